The molecule has 2 atom stereocenters. The fourth-order valence-electron chi connectivity index (χ4n) is 3.19. The quantitative estimate of drug-likeness (QED) is 0.587. The minimum absolute atomic E-state index is 0.224. The average molecular weight is 468 g/mol. The maximum atomic E-state index is 12.6. The predicted octanol–water partition coefficient (Wildman–Crippen LogP) is 1.88. The monoisotopic (exact) mass is 467 g/mol. The lowest BCUT2D eigenvalue weighted by molar-refractivity contribution is -0.151. The van der Waals surface area contributed by atoms with Crippen molar-refractivity contribution in [3.8, 4) is 5.75 Å². The second-order valence-corrected chi connectivity index (χ2v) is 10.0. The summed E-state index contributed by atoms with van der Waals surface area (Å²) >= 11 is 3.34. The molecule has 0 aromatic heterocycles. The first-order valence-electron chi connectivity index (χ1n) is 10.4. The highest BCUT2D eigenvalue weighted by Gasteiger charge is 2.29. The third kappa shape index (κ3) is 7.33. The fraction of sp³-hybridized carbons (Fsp3) is 0.571. The van der Waals surface area contributed by atoms with Gasteiger partial charge in [-0.25, -0.2) is 9.59 Å². The van der Waals surface area contributed by atoms with Gasteiger partial charge in [-0.3, -0.25) is 10.1 Å². The van der Waals surface area contributed by atoms with Crippen molar-refractivity contribution in [1.82, 2.24) is 15.5 Å². The highest BCUT2D eigenvalue weighted by atomic mass is 32.2. The Morgan fingerprint density at radius 3 is 2.48 bits per heavy atom. The van der Waals surface area contributed by atoms with Gasteiger partial charge in [0.25, 0.3) is 0 Å². The van der Waals surface area contributed by atoms with E-state index in [0.717, 1.165) is 29.4 Å². The zero-order valence-electron chi connectivity index (χ0n) is 17.8. The summed E-state index contributed by atoms with van der Waals surface area (Å²) in [4.78, 5) is 39.0. The Bertz CT molecular complexity index is 763. The first-order chi connectivity index (χ1) is 14.9. The smallest absolute Gasteiger partial charge is 0.415 e. The number of nitrogens with one attached hydrogen (secondary N) is 2. The van der Waals surface area contributed by atoms with Crippen molar-refractivity contribution in [2.24, 2.45) is 0 Å². The van der Waals surface area contributed by atoms with Crippen LogP contribution in [-0.4, -0.2) is 77.3 Å². The second-order valence-electron chi connectivity index (χ2n) is 7.57. The lowest BCUT2D eigenvalue weighted by Crippen LogP contribution is -2.49. The summed E-state index contributed by atoms with van der Waals surface area (Å²) in [6, 6.07) is 6.19. The van der Waals surface area contributed by atoms with Gasteiger partial charge in [0.15, 0.2) is 0 Å². The van der Waals surface area contributed by atoms with Gasteiger partial charge >= 0.3 is 12.1 Å². The zero-order chi connectivity index (χ0) is 22.2. The Morgan fingerprint density at radius 1 is 1.16 bits per heavy atom. The molecule has 0 saturated carbocycles. The summed E-state index contributed by atoms with van der Waals surface area (Å²) < 4.78 is 10.8. The van der Waals surface area contributed by atoms with E-state index < -0.39 is 12.0 Å². The van der Waals surface area contributed by atoms with Crippen LogP contribution in [0.4, 0.5) is 4.79 Å². The molecule has 2 heterocycles. The third-order valence-electron chi connectivity index (χ3n) is 4.74. The lowest BCUT2D eigenvalue weighted by atomic mass is 10.1. The van der Waals surface area contributed by atoms with Gasteiger partial charge in [0, 0.05) is 43.3 Å². The number of nitrogens with zero attached hydrogens (tertiary/aromatic N) is 1. The van der Waals surface area contributed by atoms with Gasteiger partial charge in [-0.05, 0) is 31.5 Å². The van der Waals surface area contributed by atoms with Crippen molar-refractivity contribution in [2.45, 2.75) is 37.8 Å². The maximum Gasteiger partial charge on any atom is 0.415 e. The van der Waals surface area contributed by atoms with Crippen LogP contribution in [0.5, 0.6) is 5.75 Å². The number of thioether (sulfide) groups is 2. The highest BCUT2D eigenvalue weighted by molar-refractivity contribution is 8.00. The van der Waals surface area contributed by atoms with Gasteiger partial charge in [-0.2, -0.15) is 11.8 Å². The van der Waals surface area contributed by atoms with Gasteiger partial charge in [0.1, 0.15) is 17.2 Å². The molecular formula is C21H29N3O5S2. The molecule has 0 unspecified atom stereocenters. The normalized spacial score (nSPS) is 19.7. The van der Waals surface area contributed by atoms with E-state index >= 15 is 0 Å². The number of hydrogen-bond donors (Lipinski definition) is 2. The van der Waals surface area contributed by atoms with Crippen molar-refractivity contribution in [1.29, 1.82) is 0 Å². The standard InChI is InChI=1S/C21H29N3O5S2/c1-14(2)28-20(26)17(23-18(25)19-22-7-10-31-19)13-15-3-5-16(6-4-15)29-21(27)24-8-11-30-12-9-24/h3-6,14,17,19,22H,7-13H2,1-2H3,(H,23,25)/t17-,19-/m0/s1. The number of esters is 1. The Labute approximate surface area is 191 Å². The Hall–Kier alpha value is -1.91. The molecule has 0 aliphatic carbocycles. The topological polar surface area (TPSA) is 97.0 Å². The molecule has 0 bridgehead atoms. The van der Waals surface area contributed by atoms with E-state index in [9.17, 15) is 14.4 Å². The van der Waals surface area contributed by atoms with Crippen LogP contribution < -0.4 is 15.4 Å². The summed E-state index contributed by atoms with van der Waals surface area (Å²) in [6.45, 7) is 5.69. The number of carbonyl (C=O) groups excluding carboxylic acids is 3. The Balaban J connectivity index is 1.60. The summed E-state index contributed by atoms with van der Waals surface area (Å²) in [5, 5.41) is 5.56. The van der Waals surface area contributed by atoms with Crippen molar-refractivity contribution in [3.63, 3.8) is 0 Å². The average Bonchev–Trinajstić information content (AvgIpc) is 3.30. The Morgan fingerprint density at radius 2 is 1.87 bits per heavy atom. The molecular weight excluding hydrogens is 438 g/mol. The summed E-state index contributed by atoms with van der Waals surface area (Å²) in [6.07, 6.45) is -0.340. The molecule has 3 rings (SSSR count). The van der Waals surface area contributed by atoms with E-state index in [1.807, 2.05) is 11.8 Å². The van der Waals surface area contributed by atoms with Crippen LogP contribution in [0.1, 0.15) is 19.4 Å². The molecule has 2 saturated heterocycles. The van der Waals surface area contributed by atoms with Crippen LogP contribution in [0.2, 0.25) is 0 Å². The Kier molecular flexibility index (Phi) is 8.91. The van der Waals surface area contributed by atoms with E-state index in [4.69, 9.17) is 9.47 Å². The molecule has 2 amide bonds. The first-order valence-corrected chi connectivity index (χ1v) is 12.6. The van der Waals surface area contributed by atoms with Gasteiger partial charge in [-0.15, -0.1) is 11.8 Å². The van der Waals surface area contributed by atoms with Crippen molar-refractivity contribution in [3.05, 3.63) is 29.8 Å². The largest absolute Gasteiger partial charge is 0.461 e. The molecule has 2 fully saturated rings. The summed E-state index contributed by atoms with van der Waals surface area (Å²) in [5.41, 5.74) is 0.826. The molecule has 0 spiro atoms. The van der Waals surface area contributed by atoms with Gasteiger partial charge in [0.2, 0.25) is 5.91 Å². The number of ether oxygens (including phenoxy) is 2. The van der Waals surface area contributed by atoms with Gasteiger partial charge < -0.3 is 19.7 Å². The van der Waals surface area contributed by atoms with Crippen LogP contribution in [0.25, 0.3) is 0 Å². The van der Waals surface area contributed by atoms with E-state index in [2.05, 4.69) is 10.6 Å². The van der Waals surface area contributed by atoms with Crippen LogP contribution in [0.15, 0.2) is 24.3 Å². The minimum atomic E-state index is -0.794. The molecule has 1 aromatic rings. The first kappa shape index (κ1) is 23.7. The third-order valence-corrected chi connectivity index (χ3v) is 6.84. The van der Waals surface area contributed by atoms with Crippen LogP contribution in [-0.2, 0) is 20.7 Å². The molecule has 8 nitrogen and oxygen atoms in total. The number of rotatable bonds is 7. The highest BCUT2D eigenvalue weighted by Crippen LogP contribution is 2.18. The summed E-state index contributed by atoms with van der Waals surface area (Å²) in [5.74, 6) is 2.45. The van der Waals surface area contributed by atoms with Crippen molar-refractivity contribution < 1.29 is 23.9 Å². The zero-order valence-corrected chi connectivity index (χ0v) is 19.4. The predicted molar refractivity (Wildman–Crippen MR) is 122 cm³/mol. The van der Waals surface area contributed by atoms with Gasteiger partial charge in [0.05, 0.1) is 6.10 Å². The van der Waals surface area contributed by atoms with E-state index in [-0.39, 0.29) is 29.9 Å². The molecule has 170 valence electrons. The number of carbonyl (C=O) groups is 3. The fourth-order valence-corrected chi connectivity index (χ4v) is 5.02. The maximum absolute atomic E-state index is 12.6. The molecule has 1 aromatic carbocycles. The molecule has 2 N–H and O–H groups in total. The molecule has 10 heteroatoms. The lowest BCUT2D eigenvalue weighted by Gasteiger charge is -2.25. The molecule has 0 radical (unpaired) electrons. The number of amides is 2. The molecule has 2 aliphatic heterocycles. The van der Waals surface area contributed by atoms with Crippen LogP contribution in [0, 0.1) is 0 Å². The minimum Gasteiger partial charge on any atom is -0.461 e. The van der Waals surface area contributed by atoms with E-state index in [1.165, 1.54) is 11.8 Å². The van der Waals surface area contributed by atoms with Crippen LogP contribution >= 0.6 is 23.5 Å². The SMILES string of the molecule is CC(C)OC(=O)[C@H](Cc1ccc(OC(=O)N2CCSCC2)cc1)NC(=O)[C@H]1NCCS1. The molecule has 31 heavy (non-hydrogen) atoms. The van der Waals surface area contributed by atoms with Crippen LogP contribution in [0.3, 0.4) is 0 Å². The molecule has 2 aliphatic rings. The summed E-state index contributed by atoms with van der Waals surface area (Å²) in [7, 11) is 0. The van der Waals surface area contributed by atoms with E-state index in [1.54, 1.807) is 43.0 Å². The van der Waals surface area contributed by atoms with Crippen molar-refractivity contribution >= 4 is 41.5 Å². The number of hydrogen-bond acceptors (Lipinski definition) is 8. The second kappa shape index (κ2) is 11.6. The number of benzene rings is 1. The van der Waals surface area contributed by atoms with E-state index in [0.29, 0.717) is 18.8 Å². The van der Waals surface area contributed by atoms with Crippen molar-refractivity contribution in [2.75, 3.05) is 36.9 Å². The van der Waals surface area contributed by atoms with Gasteiger partial charge in [-0.1, -0.05) is 12.1 Å².